The number of amides is 1. The molecule has 4 rings (SSSR count). The van der Waals surface area contributed by atoms with Crippen LogP contribution in [0, 0.1) is 5.82 Å². The van der Waals surface area contributed by atoms with Gasteiger partial charge in [-0.3, -0.25) is 4.79 Å². The van der Waals surface area contributed by atoms with Crippen LogP contribution in [-0.4, -0.2) is 58.0 Å². The number of H-pyrrole nitrogens is 1. The van der Waals surface area contributed by atoms with Crippen molar-refractivity contribution in [2.45, 2.75) is 19.9 Å². The predicted molar refractivity (Wildman–Crippen MR) is 107 cm³/mol. The fourth-order valence-corrected chi connectivity index (χ4v) is 3.55. The quantitative estimate of drug-likeness (QED) is 0.726. The standard InChI is InChI=1S/C20H23FN6O/c1-13(2)25-18-11-22-12-24-19(18)26-5-7-27(8-6-26)20(28)16-10-23-17-4-3-14(21)9-15(16)17/h3-4,9-13,23,25H,5-8H2,1-2H3. The largest absolute Gasteiger partial charge is 0.379 e. The van der Waals surface area contributed by atoms with Crippen molar-refractivity contribution in [3.05, 3.63) is 48.3 Å². The van der Waals surface area contributed by atoms with Crippen molar-refractivity contribution in [2.75, 3.05) is 36.4 Å². The molecule has 3 aromatic rings. The molecule has 28 heavy (non-hydrogen) atoms. The van der Waals surface area contributed by atoms with Crippen molar-refractivity contribution in [3.63, 3.8) is 0 Å². The number of benzene rings is 1. The number of nitrogens with zero attached hydrogens (tertiary/aromatic N) is 4. The Bertz CT molecular complexity index is 993. The summed E-state index contributed by atoms with van der Waals surface area (Å²) in [7, 11) is 0. The lowest BCUT2D eigenvalue weighted by Crippen LogP contribution is -2.49. The molecule has 1 aromatic carbocycles. The van der Waals surface area contributed by atoms with Gasteiger partial charge in [0, 0.05) is 49.3 Å². The highest BCUT2D eigenvalue weighted by Crippen LogP contribution is 2.25. The van der Waals surface area contributed by atoms with Crippen molar-refractivity contribution in [1.29, 1.82) is 0 Å². The van der Waals surface area contributed by atoms with Crippen molar-refractivity contribution in [2.24, 2.45) is 0 Å². The molecule has 0 atom stereocenters. The van der Waals surface area contributed by atoms with Gasteiger partial charge in [0.2, 0.25) is 0 Å². The molecule has 0 aliphatic carbocycles. The zero-order chi connectivity index (χ0) is 19.7. The van der Waals surface area contributed by atoms with Gasteiger partial charge in [0.15, 0.2) is 5.82 Å². The van der Waals surface area contributed by atoms with E-state index in [2.05, 4.69) is 39.0 Å². The number of aromatic amines is 1. The third-order valence-corrected chi connectivity index (χ3v) is 4.88. The molecule has 2 N–H and O–H groups in total. The van der Waals surface area contributed by atoms with E-state index in [9.17, 15) is 9.18 Å². The number of nitrogens with one attached hydrogen (secondary N) is 2. The Balaban J connectivity index is 1.48. The molecular formula is C20H23FN6O. The van der Waals surface area contributed by atoms with Crippen LogP contribution in [0.1, 0.15) is 24.2 Å². The van der Waals surface area contributed by atoms with E-state index in [4.69, 9.17) is 0 Å². The summed E-state index contributed by atoms with van der Waals surface area (Å²) in [5.41, 5.74) is 2.16. The Kier molecular flexibility index (Phi) is 4.85. The number of hydrogen-bond acceptors (Lipinski definition) is 5. The first kappa shape index (κ1) is 18.2. The van der Waals surface area contributed by atoms with E-state index in [1.54, 1.807) is 29.7 Å². The van der Waals surface area contributed by atoms with Gasteiger partial charge in [-0.1, -0.05) is 0 Å². The molecule has 146 valence electrons. The number of piperazine rings is 1. The Hall–Kier alpha value is -3.16. The zero-order valence-electron chi connectivity index (χ0n) is 15.9. The van der Waals surface area contributed by atoms with E-state index < -0.39 is 0 Å². The molecule has 1 fully saturated rings. The Morgan fingerprint density at radius 2 is 2.04 bits per heavy atom. The first-order chi connectivity index (χ1) is 13.5. The van der Waals surface area contributed by atoms with Crippen molar-refractivity contribution in [1.82, 2.24) is 19.9 Å². The number of rotatable bonds is 4. The number of aromatic nitrogens is 3. The molecule has 8 heteroatoms. The average molecular weight is 382 g/mol. The number of carbonyl (C=O) groups is 1. The lowest BCUT2D eigenvalue weighted by molar-refractivity contribution is 0.0748. The molecule has 1 amide bonds. The topological polar surface area (TPSA) is 77.2 Å². The van der Waals surface area contributed by atoms with E-state index in [0.717, 1.165) is 17.0 Å². The highest BCUT2D eigenvalue weighted by atomic mass is 19.1. The second-order valence-corrected chi connectivity index (χ2v) is 7.23. The van der Waals surface area contributed by atoms with Crippen LogP contribution in [0.4, 0.5) is 15.9 Å². The van der Waals surface area contributed by atoms with Gasteiger partial charge in [-0.25, -0.2) is 14.4 Å². The van der Waals surface area contributed by atoms with Crippen LogP contribution >= 0.6 is 0 Å². The summed E-state index contributed by atoms with van der Waals surface area (Å²) < 4.78 is 13.6. The second kappa shape index (κ2) is 7.46. The molecule has 0 radical (unpaired) electrons. The molecule has 1 aliphatic heterocycles. The van der Waals surface area contributed by atoms with Gasteiger partial charge >= 0.3 is 0 Å². The van der Waals surface area contributed by atoms with Gasteiger partial charge in [-0.05, 0) is 32.0 Å². The normalized spacial score (nSPS) is 14.7. The van der Waals surface area contributed by atoms with Gasteiger partial charge in [-0.2, -0.15) is 0 Å². The Labute approximate surface area is 162 Å². The Morgan fingerprint density at radius 3 is 2.79 bits per heavy atom. The number of halogens is 1. The van der Waals surface area contributed by atoms with E-state index in [1.807, 2.05) is 0 Å². The molecule has 0 bridgehead atoms. The van der Waals surface area contributed by atoms with E-state index in [1.165, 1.54) is 12.1 Å². The summed E-state index contributed by atoms with van der Waals surface area (Å²) in [5.74, 6) is 0.421. The molecule has 1 saturated heterocycles. The first-order valence-corrected chi connectivity index (χ1v) is 9.40. The summed E-state index contributed by atoms with van der Waals surface area (Å²) in [6, 6.07) is 4.71. The van der Waals surface area contributed by atoms with Gasteiger partial charge < -0.3 is 20.1 Å². The number of hydrogen-bond donors (Lipinski definition) is 2. The molecule has 2 aromatic heterocycles. The van der Waals surface area contributed by atoms with Crippen LogP contribution in [-0.2, 0) is 0 Å². The zero-order valence-corrected chi connectivity index (χ0v) is 15.9. The van der Waals surface area contributed by atoms with Crippen LogP contribution in [0.2, 0.25) is 0 Å². The van der Waals surface area contributed by atoms with Crippen LogP contribution in [0.5, 0.6) is 0 Å². The number of anilines is 2. The maximum atomic E-state index is 13.6. The molecule has 7 nitrogen and oxygen atoms in total. The summed E-state index contributed by atoms with van der Waals surface area (Å²) in [6.45, 7) is 6.63. The summed E-state index contributed by atoms with van der Waals surface area (Å²) in [6.07, 6.45) is 4.98. The van der Waals surface area contributed by atoms with Crippen LogP contribution in [0.3, 0.4) is 0 Å². The Morgan fingerprint density at radius 1 is 1.25 bits per heavy atom. The minimum atomic E-state index is -0.347. The fraction of sp³-hybridized carbons (Fsp3) is 0.350. The van der Waals surface area contributed by atoms with E-state index in [0.29, 0.717) is 37.1 Å². The lowest BCUT2D eigenvalue weighted by Gasteiger charge is -2.36. The average Bonchev–Trinajstić information content (AvgIpc) is 3.10. The summed E-state index contributed by atoms with van der Waals surface area (Å²) in [4.78, 5) is 28.5. The van der Waals surface area contributed by atoms with Crippen molar-refractivity contribution < 1.29 is 9.18 Å². The minimum Gasteiger partial charge on any atom is -0.379 e. The van der Waals surface area contributed by atoms with Gasteiger partial charge in [0.1, 0.15) is 12.1 Å². The highest BCUT2D eigenvalue weighted by molar-refractivity contribution is 6.06. The van der Waals surface area contributed by atoms with Crippen LogP contribution < -0.4 is 10.2 Å². The lowest BCUT2D eigenvalue weighted by atomic mass is 10.1. The monoisotopic (exact) mass is 382 g/mol. The second-order valence-electron chi connectivity index (χ2n) is 7.23. The van der Waals surface area contributed by atoms with Crippen LogP contribution in [0.15, 0.2) is 36.9 Å². The third-order valence-electron chi connectivity index (χ3n) is 4.88. The molecule has 0 unspecified atom stereocenters. The van der Waals surface area contributed by atoms with E-state index in [-0.39, 0.29) is 17.8 Å². The van der Waals surface area contributed by atoms with Crippen molar-refractivity contribution in [3.8, 4) is 0 Å². The SMILES string of the molecule is CC(C)Nc1cncnc1N1CCN(C(=O)c2c[nH]c3ccc(F)cc23)CC1. The highest BCUT2D eigenvalue weighted by Gasteiger charge is 2.26. The van der Waals surface area contributed by atoms with Gasteiger partial charge in [-0.15, -0.1) is 0 Å². The fourth-order valence-electron chi connectivity index (χ4n) is 3.55. The minimum absolute atomic E-state index is 0.0836. The maximum Gasteiger partial charge on any atom is 0.256 e. The smallest absolute Gasteiger partial charge is 0.256 e. The van der Waals surface area contributed by atoms with Crippen LogP contribution in [0.25, 0.3) is 10.9 Å². The maximum absolute atomic E-state index is 13.6. The molecule has 0 spiro atoms. The van der Waals surface area contributed by atoms with Crippen molar-refractivity contribution >= 4 is 28.3 Å². The van der Waals surface area contributed by atoms with E-state index >= 15 is 0 Å². The summed E-state index contributed by atoms with van der Waals surface area (Å²) >= 11 is 0. The predicted octanol–water partition coefficient (Wildman–Crippen LogP) is 2.88. The third kappa shape index (κ3) is 3.49. The molecule has 0 saturated carbocycles. The number of carbonyl (C=O) groups excluding carboxylic acids is 1. The molecular weight excluding hydrogens is 359 g/mol. The number of fused-ring (bicyclic) bond motifs is 1. The summed E-state index contributed by atoms with van der Waals surface area (Å²) in [5, 5.41) is 3.98. The van der Waals surface area contributed by atoms with Gasteiger partial charge in [0.05, 0.1) is 17.4 Å². The molecule has 1 aliphatic rings. The molecule has 3 heterocycles. The van der Waals surface area contributed by atoms with Gasteiger partial charge in [0.25, 0.3) is 5.91 Å². The first-order valence-electron chi connectivity index (χ1n) is 9.40.